The van der Waals surface area contributed by atoms with E-state index in [0.717, 1.165) is 32.0 Å². The number of carbonyl (C=O) groups is 1. The van der Waals surface area contributed by atoms with E-state index in [1.165, 1.54) is 38.5 Å². The maximum Gasteiger partial charge on any atom is 0.215 e. The molecule has 0 heterocycles. The number of hydrogen-bond acceptors (Lipinski definition) is 3. The summed E-state index contributed by atoms with van der Waals surface area (Å²) >= 11 is 0. The second kappa shape index (κ2) is 7.12. The summed E-state index contributed by atoms with van der Waals surface area (Å²) in [6, 6.07) is 0. The first-order valence-electron chi connectivity index (χ1n) is 7.14. The van der Waals surface area contributed by atoms with E-state index in [-0.39, 0.29) is 12.2 Å². The number of hydrogen-bond donors (Lipinski definition) is 0. The molecule has 0 radical (unpaired) electrons. The molecule has 3 heteroatoms. The molecule has 0 amide bonds. The Kier molecular flexibility index (Phi) is 5.46. The lowest BCUT2D eigenvalue weighted by Crippen LogP contribution is -2.32. The third kappa shape index (κ3) is 4.40. The van der Waals surface area contributed by atoms with E-state index in [2.05, 4.69) is 0 Å². The van der Waals surface area contributed by atoms with Crippen molar-refractivity contribution in [2.24, 2.45) is 0 Å². The lowest BCUT2D eigenvalue weighted by Gasteiger charge is -2.29. The van der Waals surface area contributed by atoms with Crippen molar-refractivity contribution in [1.82, 2.24) is 0 Å². The van der Waals surface area contributed by atoms with Gasteiger partial charge >= 0.3 is 0 Å². The molecule has 0 saturated heterocycles. The Morgan fingerprint density at radius 2 is 1.18 bits per heavy atom. The molecule has 0 N–H and O–H groups in total. The molecule has 0 atom stereocenters. The monoisotopic (exact) mass is 240 g/mol. The van der Waals surface area contributed by atoms with Crippen LogP contribution >= 0.6 is 0 Å². The maximum atomic E-state index is 11.0. The van der Waals surface area contributed by atoms with Crippen LogP contribution in [0.15, 0.2) is 0 Å². The van der Waals surface area contributed by atoms with Gasteiger partial charge in [-0.15, -0.1) is 0 Å². The van der Waals surface area contributed by atoms with Gasteiger partial charge in [-0.3, -0.25) is 4.79 Å². The molecule has 0 aromatic heterocycles. The van der Waals surface area contributed by atoms with Gasteiger partial charge in [0, 0.05) is 0 Å². The van der Waals surface area contributed by atoms with Gasteiger partial charge in [0.1, 0.15) is 0 Å². The van der Waals surface area contributed by atoms with Crippen LogP contribution in [0.2, 0.25) is 0 Å². The molecular weight excluding hydrogens is 216 g/mol. The normalized spacial score (nSPS) is 24.1. The maximum absolute atomic E-state index is 11.0. The van der Waals surface area contributed by atoms with Gasteiger partial charge in [-0.1, -0.05) is 38.5 Å². The fraction of sp³-hybridized carbons (Fsp3) is 0.929. The van der Waals surface area contributed by atoms with Crippen molar-refractivity contribution in [1.29, 1.82) is 0 Å². The van der Waals surface area contributed by atoms with E-state index < -0.39 is 6.29 Å². The lowest BCUT2D eigenvalue weighted by molar-refractivity contribution is -0.195. The van der Waals surface area contributed by atoms with E-state index in [4.69, 9.17) is 9.47 Å². The van der Waals surface area contributed by atoms with Crippen LogP contribution in [0.5, 0.6) is 0 Å². The van der Waals surface area contributed by atoms with Crippen molar-refractivity contribution < 1.29 is 14.3 Å². The highest BCUT2D eigenvalue weighted by Gasteiger charge is 2.23. The summed E-state index contributed by atoms with van der Waals surface area (Å²) in [5, 5.41) is 0. The van der Waals surface area contributed by atoms with Crippen molar-refractivity contribution in [3.05, 3.63) is 0 Å². The Morgan fingerprint density at radius 1 is 0.765 bits per heavy atom. The van der Waals surface area contributed by atoms with Crippen LogP contribution in [0.25, 0.3) is 0 Å². The molecule has 2 aliphatic carbocycles. The summed E-state index contributed by atoms with van der Waals surface area (Å²) in [6.07, 6.45) is 12.5. The average molecular weight is 240 g/mol. The van der Waals surface area contributed by atoms with Gasteiger partial charge in [0.25, 0.3) is 0 Å². The van der Waals surface area contributed by atoms with E-state index in [1.807, 2.05) is 0 Å². The Morgan fingerprint density at radius 3 is 1.53 bits per heavy atom. The molecule has 2 rings (SSSR count). The summed E-state index contributed by atoms with van der Waals surface area (Å²) in [5.74, 6) is 0. The fourth-order valence-electron chi connectivity index (χ4n) is 2.88. The van der Waals surface area contributed by atoms with Gasteiger partial charge in [-0.2, -0.15) is 0 Å². The van der Waals surface area contributed by atoms with Gasteiger partial charge < -0.3 is 9.47 Å². The van der Waals surface area contributed by atoms with Crippen LogP contribution < -0.4 is 0 Å². The molecule has 2 aliphatic rings. The minimum absolute atomic E-state index is 0.238. The first-order valence-corrected chi connectivity index (χ1v) is 7.14. The number of ether oxygens (including phenoxy) is 2. The van der Waals surface area contributed by atoms with E-state index in [1.54, 1.807) is 0 Å². The molecule has 0 aromatic rings. The van der Waals surface area contributed by atoms with E-state index in [0.29, 0.717) is 0 Å². The molecular formula is C14H24O3. The number of rotatable bonds is 5. The zero-order chi connectivity index (χ0) is 11.9. The van der Waals surface area contributed by atoms with Crippen LogP contribution in [0, 0.1) is 0 Å². The van der Waals surface area contributed by atoms with Crippen molar-refractivity contribution in [2.45, 2.75) is 82.7 Å². The predicted molar refractivity (Wildman–Crippen MR) is 65.8 cm³/mol. The topological polar surface area (TPSA) is 35.5 Å². The Labute approximate surface area is 104 Å². The molecule has 0 bridgehead atoms. The van der Waals surface area contributed by atoms with Crippen LogP contribution in [-0.4, -0.2) is 24.8 Å². The molecule has 3 nitrogen and oxygen atoms in total. The van der Waals surface area contributed by atoms with Crippen LogP contribution in [0.4, 0.5) is 0 Å². The minimum Gasteiger partial charge on any atom is -0.343 e. The third-order valence-electron chi connectivity index (χ3n) is 3.87. The van der Waals surface area contributed by atoms with Gasteiger partial charge in [0.15, 0.2) is 6.29 Å². The van der Waals surface area contributed by atoms with Crippen LogP contribution in [0.3, 0.4) is 0 Å². The zero-order valence-electron chi connectivity index (χ0n) is 10.6. The standard InChI is InChI=1S/C14H24O3/c15-11-14(16-12-7-3-1-4-8-12)17-13-9-5-2-6-10-13/h11-14H,1-10H2. The highest BCUT2D eigenvalue weighted by atomic mass is 16.7. The van der Waals surface area contributed by atoms with Gasteiger partial charge in [-0.05, 0) is 25.7 Å². The Bertz CT molecular complexity index is 198. The highest BCUT2D eigenvalue weighted by Crippen LogP contribution is 2.24. The van der Waals surface area contributed by atoms with Crippen LogP contribution in [-0.2, 0) is 14.3 Å². The van der Waals surface area contributed by atoms with Crippen molar-refractivity contribution >= 4 is 6.29 Å². The highest BCUT2D eigenvalue weighted by molar-refractivity contribution is 5.53. The van der Waals surface area contributed by atoms with Crippen molar-refractivity contribution in [3.8, 4) is 0 Å². The van der Waals surface area contributed by atoms with E-state index in [9.17, 15) is 4.79 Å². The Balaban J connectivity index is 1.72. The van der Waals surface area contributed by atoms with Crippen molar-refractivity contribution in [2.75, 3.05) is 0 Å². The van der Waals surface area contributed by atoms with Crippen molar-refractivity contribution in [3.63, 3.8) is 0 Å². The SMILES string of the molecule is O=CC(OC1CCCCC1)OC1CCCCC1. The molecule has 0 unspecified atom stereocenters. The summed E-state index contributed by atoms with van der Waals surface area (Å²) in [7, 11) is 0. The number of aldehydes is 1. The molecule has 2 saturated carbocycles. The first-order chi connectivity index (χ1) is 8.38. The molecule has 0 spiro atoms. The lowest BCUT2D eigenvalue weighted by atomic mass is 9.97. The zero-order valence-corrected chi connectivity index (χ0v) is 10.6. The predicted octanol–water partition coefficient (Wildman–Crippen LogP) is 3.21. The van der Waals surface area contributed by atoms with Gasteiger partial charge in [0.2, 0.25) is 6.29 Å². The van der Waals surface area contributed by atoms with E-state index >= 15 is 0 Å². The summed E-state index contributed by atoms with van der Waals surface area (Å²) in [5.41, 5.74) is 0. The quantitative estimate of drug-likeness (QED) is 0.547. The molecule has 2 fully saturated rings. The minimum atomic E-state index is -0.624. The average Bonchev–Trinajstić information content (AvgIpc) is 2.40. The summed E-state index contributed by atoms with van der Waals surface area (Å²) in [4.78, 5) is 11.0. The fourth-order valence-corrected chi connectivity index (χ4v) is 2.88. The molecule has 17 heavy (non-hydrogen) atoms. The number of carbonyl (C=O) groups excluding carboxylic acids is 1. The third-order valence-corrected chi connectivity index (χ3v) is 3.87. The van der Waals surface area contributed by atoms with Gasteiger partial charge in [0.05, 0.1) is 12.2 Å². The second-order valence-electron chi connectivity index (χ2n) is 5.30. The summed E-state index contributed by atoms with van der Waals surface area (Å²) < 4.78 is 11.5. The Hall–Kier alpha value is -0.410. The molecule has 98 valence electrons. The second-order valence-corrected chi connectivity index (χ2v) is 5.30. The smallest absolute Gasteiger partial charge is 0.215 e. The molecule has 0 aromatic carbocycles. The molecule has 0 aliphatic heterocycles. The largest absolute Gasteiger partial charge is 0.343 e. The van der Waals surface area contributed by atoms with Gasteiger partial charge in [-0.25, -0.2) is 0 Å². The van der Waals surface area contributed by atoms with Crippen LogP contribution in [0.1, 0.15) is 64.2 Å². The first kappa shape index (κ1) is 13.0. The summed E-state index contributed by atoms with van der Waals surface area (Å²) in [6.45, 7) is 0.